The third kappa shape index (κ3) is 3.98. The summed E-state index contributed by atoms with van der Waals surface area (Å²) in [5.74, 6) is 3.59. The molecule has 31 heavy (non-hydrogen) atoms. The molecule has 0 radical (unpaired) electrons. The maximum Gasteiger partial charge on any atom is 0.245 e. The number of amides is 1. The number of benzene rings is 1. The molecule has 1 aromatic rings. The fourth-order valence-corrected chi connectivity index (χ4v) is 6.59. The summed E-state index contributed by atoms with van der Waals surface area (Å²) in [5, 5.41) is 12.6. The number of nitriles is 1. The number of allylic oxidation sites excluding steroid dienone is 1. The van der Waals surface area contributed by atoms with Crippen molar-refractivity contribution in [2.24, 2.45) is 23.2 Å². The van der Waals surface area contributed by atoms with Gasteiger partial charge in [0.25, 0.3) is 0 Å². The normalized spacial score (nSPS) is 29.8. The van der Waals surface area contributed by atoms with E-state index in [1.807, 2.05) is 0 Å². The zero-order valence-corrected chi connectivity index (χ0v) is 18.9. The maximum atomic E-state index is 12.9. The lowest BCUT2D eigenvalue weighted by Crippen LogP contribution is -2.46. The van der Waals surface area contributed by atoms with Crippen LogP contribution in [0.1, 0.15) is 57.1 Å². The Morgan fingerprint density at radius 3 is 2.00 bits per heavy atom. The summed E-state index contributed by atoms with van der Waals surface area (Å²) in [7, 11) is 4.58. The molecule has 4 fully saturated rings. The lowest BCUT2D eigenvalue weighted by atomic mass is 9.48. The minimum atomic E-state index is -0.818. The molecule has 1 amide bonds. The van der Waals surface area contributed by atoms with Crippen molar-refractivity contribution >= 4 is 5.91 Å². The van der Waals surface area contributed by atoms with Crippen LogP contribution in [0.5, 0.6) is 17.2 Å². The SMILES string of the molecule is COc1cc(C(C#N)NC(=O)/C=C(/C)C23CC4CC(CC(C4)C2)C3)cc(OC)c1OC. The van der Waals surface area contributed by atoms with Gasteiger partial charge in [-0.05, 0) is 86.3 Å². The molecule has 0 heterocycles. The van der Waals surface area contributed by atoms with Crippen LogP contribution in [0.25, 0.3) is 0 Å². The smallest absolute Gasteiger partial charge is 0.245 e. The molecule has 4 saturated carbocycles. The largest absolute Gasteiger partial charge is 0.493 e. The molecule has 6 nitrogen and oxygen atoms in total. The minimum absolute atomic E-state index is 0.181. The van der Waals surface area contributed by atoms with Crippen LogP contribution >= 0.6 is 0 Å². The number of rotatable bonds is 7. The molecule has 4 aliphatic rings. The Bertz CT molecular complexity index is 870. The monoisotopic (exact) mass is 424 g/mol. The molecule has 1 aromatic carbocycles. The van der Waals surface area contributed by atoms with Gasteiger partial charge in [-0.1, -0.05) is 5.57 Å². The van der Waals surface area contributed by atoms with E-state index in [9.17, 15) is 10.1 Å². The summed E-state index contributed by atoms with van der Waals surface area (Å²) >= 11 is 0. The van der Waals surface area contributed by atoms with Crippen molar-refractivity contribution in [2.75, 3.05) is 21.3 Å². The van der Waals surface area contributed by atoms with Crippen molar-refractivity contribution in [3.05, 3.63) is 29.3 Å². The predicted octanol–water partition coefficient (Wildman–Crippen LogP) is 4.56. The molecule has 6 heteroatoms. The van der Waals surface area contributed by atoms with Gasteiger partial charge in [-0.15, -0.1) is 0 Å². The van der Waals surface area contributed by atoms with E-state index in [0.717, 1.165) is 17.8 Å². The van der Waals surface area contributed by atoms with Gasteiger partial charge in [0.1, 0.15) is 6.04 Å². The highest BCUT2D eigenvalue weighted by atomic mass is 16.5. The Labute approximate surface area is 184 Å². The zero-order chi connectivity index (χ0) is 22.2. The number of ether oxygens (including phenoxy) is 3. The van der Waals surface area contributed by atoms with E-state index in [2.05, 4.69) is 18.3 Å². The molecule has 1 unspecified atom stereocenters. The number of nitrogens with zero attached hydrogens (tertiary/aromatic N) is 1. The summed E-state index contributed by atoms with van der Waals surface area (Å²) in [6.45, 7) is 2.10. The van der Waals surface area contributed by atoms with Crippen LogP contribution in [0.2, 0.25) is 0 Å². The van der Waals surface area contributed by atoms with Crippen LogP contribution in [-0.2, 0) is 4.79 Å². The Balaban J connectivity index is 1.53. The first-order valence-electron chi connectivity index (χ1n) is 11.1. The van der Waals surface area contributed by atoms with E-state index in [4.69, 9.17) is 14.2 Å². The van der Waals surface area contributed by atoms with Crippen molar-refractivity contribution in [3.63, 3.8) is 0 Å². The number of carbonyl (C=O) groups is 1. The first-order chi connectivity index (χ1) is 14.9. The molecule has 0 saturated heterocycles. The van der Waals surface area contributed by atoms with E-state index < -0.39 is 6.04 Å². The average Bonchev–Trinajstić information content (AvgIpc) is 2.75. The van der Waals surface area contributed by atoms with Crippen LogP contribution in [0, 0.1) is 34.5 Å². The first-order valence-corrected chi connectivity index (χ1v) is 11.1. The van der Waals surface area contributed by atoms with Crippen LogP contribution in [0.4, 0.5) is 0 Å². The number of methoxy groups -OCH3 is 3. The highest BCUT2D eigenvalue weighted by Crippen LogP contribution is 2.62. The van der Waals surface area contributed by atoms with Gasteiger partial charge in [0, 0.05) is 6.08 Å². The second-order valence-corrected chi connectivity index (χ2v) is 9.55. The summed E-state index contributed by atoms with van der Waals surface area (Å²) in [4.78, 5) is 12.9. The predicted molar refractivity (Wildman–Crippen MR) is 117 cm³/mol. The second-order valence-electron chi connectivity index (χ2n) is 9.55. The lowest BCUT2D eigenvalue weighted by molar-refractivity contribution is -0.117. The summed E-state index contributed by atoms with van der Waals surface area (Å²) < 4.78 is 16.1. The van der Waals surface area contributed by atoms with Crippen LogP contribution in [0.15, 0.2) is 23.8 Å². The summed E-state index contributed by atoms with van der Waals surface area (Å²) in [6, 6.07) is 4.77. The Morgan fingerprint density at radius 2 is 1.58 bits per heavy atom. The topological polar surface area (TPSA) is 80.6 Å². The molecule has 5 rings (SSSR count). The van der Waals surface area contributed by atoms with Gasteiger partial charge in [0.15, 0.2) is 11.5 Å². The Kier molecular flexibility index (Phi) is 5.88. The number of carbonyl (C=O) groups excluding carboxylic acids is 1. The van der Waals surface area contributed by atoms with Gasteiger partial charge in [0.05, 0.1) is 27.4 Å². The minimum Gasteiger partial charge on any atom is -0.493 e. The molecule has 0 spiro atoms. The molecule has 1 atom stereocenters. The third-order valence-electron chi connectivity index (χ3n) is 7.66. The molecule has 1 N–H and O–H groups in total. The molecule has 0 aliphatic heterocycles. The lowest BCUT2D eigenvalue weighted by Gasteiger charge is -2.57. The molecule has 4 bridgehead atoms. The maximum absolute atomic E-state index is 12.9. The van der Waals surface area contributed by atoms with E-state index >= 15 is 0 Å². The van der Waals surface area contributed by atoms with Crippen LogP contribution in [-0.4, -0.2) is 27.2 Å². The summed E-state index contributed by atoms with van der Waals surface area (Å²) in [6.07, 6.45) is 9.48. The van der Waals surface area contributed by atoms with Crippen LogP contribution in [0.3, 0.4) is 0 Å². The summed E-state index contributed by atoms with van der Waals surface area (Å²) in [5.41, 5.74) is 1.94. The third-order valence-corrected chi connectivity index (χ3v) is 7.66. The molecular formula is C25H32N2O4. The zero-order valence-electron chi connectivity index (χ0n) is 18.9. The molecule has 4 aliphatic carbocycles. The fourth-order valence-electron chi connectivity index (χ4n) is 6.59. The van der Waals surface area contributed by atoms with Crippen molar-refractivity contribution < 1.29 is 19.0 Å². The Morgan fingerprint density at radius 1 is 1.06 bits per heavy atom. The van der Waals surface area contributed by atoms with E-state index in [-0.39, 0.29) is 11.3 Å². The number of hydrogen-bond acceptors (Lipinski definition) is 5. The van der Waals surface area contributed by atoms with Crippen molar-refractivity contribution in [1.82, 2.24) is 5.32 Å². The van der Waals surface area contributed by atoms with Crippen molar-refractivity contribution in [3.8, 4) is 23.3 Å². The van der Waals surface area contributed by atoms with Gasteiger partial charge in [-0.25, -0.2) is 0 Å². The van der Waals surface area contributed by atoms with Gasteiger partial charge in [-0.2, -0.15) is 5.26 Å². The van der Waals surface area contributed by atoms with E-state index in [1.165, 1.54) is 65.4 Å². The highest BCUT2D eigenvalue weighted by Gasteiger charge is 2.51. The highest BCUT2D eigenvalue weighted by molar-refractivity contribution is 5.89. The molecule has 0 aromatic heterocycles. The van der Waals surface area contributed by atoms with Gasteiger partial charge in [-0.3, -0.25) is 4.79 Å². The van der Waals surface area contributed by atoms with Crippen LogP contribution < -0.4 is 19.5 Å². The average molecular weight is 425 g/mol. The standard InChI is InChI=1S/C25H32N2O4/c1-15(25-11-16-6-17(12-25)8-18(7-16)13-25)5-23(28)27-20(14-26)19-9-21(29-2)24(31-4)22(10-19)30-3/h5,9-10,16-18,20H,6-8,11-13H2,1-4H3,(H,27,28)/b15-5-. The van der Waals surface area contributed by atoms with Crippen molar-refractivity contribution in [2.45, 2.75) is 51.5 Å². The molecule has 166 valence electrons. The van der Waals surface area contributed by atoms with E-state index in [0.29, 0.717) is 22.8 Å². The van der Waals surface area contributed by atoms with Gasteiger partial charge >= 0.3 is 0 Å². The molecular weight excluding hydrogens is 392 g/mol. The number of hydrogen-bond donors (Lipinski definition) is 1. The first kappa shape index (κ1) is 21.5. The fraction of sp³-hybridized carbons (Fsp3) is 0.600. The Hall–Kier alpha value is -2.68. The van der Waals surface area contributed by atoms with E-state index in [1.54, 1.807) is 18.2 Å². The number of nitrogens with one attached hydrogen (secondary N) is 1. The van der Waals surface area contributed by atoms with Crippen molar-refractivity contribution in [1.29, 1.82) is 5.26 Å². The van der Waals surface area contributed by atoms with Gasteiger partial charge < -0.3 is 19.5 Å². The quantitative estimate of drug-likeness (QED) is 0.649. The second kappa shape index (κ2) is 8.45. The van der Waals surface area contributed by atoms with Gasteiger partial charge in [0.2, 0.25) is 11.7 Å².